The maximum Gasteiger partial charge on any atom is 0.316 e. The van der Waals surface area contributed by atoms with Crippen LogP contribution in [0.3, 0.4) is 0 Å². The van der Waals surface area contributed by atoms with Gasteiger partial charge in [0.1, 0.15) is 18.0 Å². The van der Waals surface area contributed by atoms with Crippen molar-refractivity contribution in [2.24, 2.45) is 0 Å². The molecule has 1 heterocycles. The molecule has 7 heteroatoms. The molecule has 0 bridgehead atoms. The number of nitriles is 1. The summed E-state index contributed by atoms with van der Waals surface area (Å²) in [7, 11) is 1.35. The van der Waals surface area contributed by atoms with Crippen LogP contribution in [0.2, 0.25) is 0 Å². The van der Waals surface area contributed by atoms with Gasteiger partial charge in [-0.3, -0.25) is 4.79 Å². The van der Waals surface area contributed by atoms with Crippen molar-refractivity contribution in [1.29, 1.82) is 5.26 Å². The Morgan fingerprint density at radius 2 is 1.81 bits per heavy atom. The smallest absolute Gasteiger partial charge is 0.316 e. The Balaban J connectivity index is 0.000000465. The maximum absolute atomic E-state index is 13.6. The van der Waals surface area contributed by atoms with Crippen molar-refractivity contribution in [2.75, 3.05) is 7.11 Å². The maximum atomic E-state index is 13.6. The quantitative estimate of drug-likeness (QED) is 0.757. The highest BCUT2D eigenvalue weighted by molar-refractivity contribution is 5.65. The van der Waals surface area contributed by atoms with E-state index in [4.69, 9.17) is 10.00 Å². The molecule has 3 rings (SSSR count). The fourth-order valence-electron chi connectivity index (χ4n) is 2.64. The van der Waals surface area contributed by atoms with Gasteiger partial charge in [0.15, 0.2) is 0 Å². The number of esters is 1. The molecule has 1 aromatic carbocycles. The lowest BCUT2D eigenvalue weighted by Crippen LogP contribution is -2.20. The first-order valence-corrected chi connectivity index (χ1v) is 8.76. The Morgan fingerprint density at radius 3 is 2.33 bits per heavy atom. The molecular weight excluding hydrogens is 349 g/mol. The second kappa shape index (κ2) is 10.2. The largest absolute Gasteiger partial charge is 0.469 e. The van der Waals surface area contributed by atoms with Gasteiger partial charge in [-0.05, 0) is 43.4 Å². The third-order valence-electron chi connectivity index (χ3n) is 4.16. The number of ether oxygens (including phenoxy) is 2. The van der Waals surface area contributed by atoms with E-state index in [0.717, 1.165) is 12.8 Å². The predicted octanol–water partition coefficient (Wildman–Crippen LogP) is 4.05. The van der Waals surface area contributed by atoms with Crippen molar-refractivity contribution in [2.45, 2.75) is 45.1 Å². The first-order chi connectivity index (χ1) is 13.0. The molecule has 1 aliphatic carbocycles. The minimum Gasteiger partial charge on any atom is -0.469 e. The number of aromatic nitrogens is 2. The van der Waals surface area contributed by atoms with Crippen LogP contribution in [0.15, 0.2) is 30.6 Å². The third-order valence-corrected chi connectivity index (χ3v) is 4.16. The van der Waals surface area contributed by atoms with Crippen LogP contribution in [0.4, 0.5) is 4.39 Å². The van der Waals surface area contributed by atoms with Gasteiger partial charge in [-0.1, -0.05) is 12.5 Å². The molecular formula is C20H22FN3O3. The van der Waals surface area contributed by atoms with Crippen LogP contribution in [-0.2, 0) is 9.53 Å². The molecule has 1 fully saturated rings. The summed E-state index contributed by atoms with van der Waals surface area (Å²) in [4.78, 5) is 18.0. The van der Waals surface area contributed by atoms with E-state index in [-0.39, 0.29) is 17.6 Å². The molecule has 0 amide bonds. The molecule has 0 aliphatic heterocycles. The van der Waals surface area contributed by atoms with Gasteiger partial charge in [0.25, 0.3) is 0 Å². The minimum atomic E-state index is -0.539. The van der Waals surface area contributed by atoms with Crippen LogP contribution in [0.25, 0.3) is 11.1 Å². The van der Waals surface area contributed by atoms with Gasteiger partial charge in [0.2, 0.25) is 0 Å². The zero-order valence-corrected chi connectivity index (χ0v) is 15.4. The topological polar surface area (TPSA) is 85.1 Å². The number of hydrogen-bond donors (Lipinski definition) is 0. The summed E-state index contributed by atoms with van der Waals surface area (Å²) in [6.45, 7) is 1.36. The molecule has 2 aromatic rings. The molecule has 27 heavy (non-hydrogen) atoms. The lowest BCUT2D eigenvalue weighted by Gasteiger charge is -2.21. The van der Waals surface area contributed by atoms with E-state index in [1.807, 2.05) is 0 Å². The number of hydrogen-bond acceptors (Lipinski definition) is 6. The van der Waals surface area contributed by atoms with Crippen LogP contribution in [0.5, 0.6) is 6.01 Å². The number of nitrogens with zero attached hydrogens (tertiary/aromatic N) is 3. The Morgan fingerprint density at radius 1 is 1.19 bits per heavy atom. The van der Waals surface area contributed by atoms with Gasteiger partial charge >= 0.3 is 12.0 Å². The van der Waals surface area contributed by atoms with Crippen molar-refractivity contribution >= 4 is 5.97 Å². The van der Waals surface area contributed by atoms with Crippen molar-refractivity contribution in [3.63, 3.8) is 0 Å². The Bertz CT molecular complexity index is 797. The van der Waals surface area contributed by atoms with Crippen LogP contribution in [-0.4, -0.2) is 29.2 Å². The second-order valence-corrected chi connectivity index (χ2v) is 6.13. The van der Waals surface area contributed by atoms with Crippen molar-refractivity contribution < 1.29 is 18.7 Å². The first kappa shape index (κ1) is 20.3. The van der Waals surface area contributed by atoms with Gasteiger partial charge in [0, 0.05) is 24.9 Å². The highest BCUT2D eigenvalue weighted by Crippen LogP contribution is 2.24. The summed E-state index contributed by atoms with van der Waals surface area (Å²) in [5.41, 5.74) is 1.36. The summed E-state index contributed by atoms with van der Waals surface area (Å²) in [6, 6.07) is 6.62. The molecule has 0 N–H and O–H groups in total. The molecule has 0 atom stereocenters. The lowest BCUT2D eigenvalue weighted by atomic mass is 9.98. The minimum absolute atomic E-state index is 0.0296. The zero-order valence-electron chi connectivity index (χ0n) is 15.4. The van der Waals surface area contributed by atoms with Crippen LogP contribution in [0.1, 0.15) is 44.6 Å². The summed E-state index contributed by atoms with van der Waals surface area (Å²) in [5, 5.41) is 8.74. The molecule has 0 unspecified atom stereocenters. The monoisotopic (exact) mass is 371 g/mol. The molecule has 1 aliphatic rings. The SMILES string of the molecule is COC(C)=O.N#Cc1ccc(-c2cnc(OC3CCCCC3)nc2)cc1F. The van der Waals surface area contributed by atoms with E-state index in [1.165, 1.54) is 45.4 Å². The molecule has 142 valence electrons. The third kappa shape index (κ3) is 6.33. The first-order valence-electron chi connectivity index (χ1n) is 8.76. The average Bonchev–Trinajstić information content (AvgIpc) is 2.70. The highest BCUT2D eigenvalue weighted by atomic mass is 19.1. The van der Waals surface area contributed by atoms with E-state index < -0.39 is 5.82 Å². The van der Waals surface area contributed by atoms with Crippen molar-refractivity contribution in [3.8, 4) is 23.2 Å². The molecule has 0 spiro atoms. The van der Waals surface area contributed by atoms with Crippen molar-refractivity contribution in [3.05, 3.63) is 42.0 Å². The number of carbonyl (C=O) groups is 1. The summed E-state index contributed by atoms with van der Waals surface area (Å²) in [5.74, 6) is -0.785. The molecule has 0 radical (unpaired) electrons. The highest BCUT2D eigenvalue weighted by Gasteiger charge is 2.16. The van der Waals surface area contributed by atoms with Crippen LogP contribution in [0, 0.1) is 17.1 Å². The predicted molar refractivity (Wildman–Crippen MR) is 97.3 cm³/mol. The summed E-state index contributed by atoms with van der Waals surface area (Å²) in [6.07, 6.45) is 9.17. The fourth-order valence-corrected chi connectivity index (χ4v) is 2.64. The number of methoxy groups -OCH3 is 1. The van der Waals surface area contributed by atoms with E-state index in [0.29, 0.717) is 17.1 Å². The van der Waals surface area contributed by atoms with Gasteiger partial charge in [-0.15, -0.1) is 0 Å². The number of carbonyl (C=O) groups excluding carboxylic acids is 1. The van der Waals surface area contributed by atoms with Crippen LogP contribution >= 0.6 is 0 Å². The Labute approximate surface area is 158 Å². The second-order valence-electron chi connectivity index (χ2n) is 6.13. The fraction of sp³-hybridized carbons (Fsp3) is 0.400. The van der Waals surface area contributed by atoms with Crippen LogP contribution < -0.4 is 4.74 Å². The zero-order chi connectivity index (χ0) is 19.6. The number of halogens is 1. The summed E-state index contributed by atoms with van der Waals surface area (Å²) < 4.78 is 23.5. The van der Waals surface area contributed by atoms with E-state index >= 15 is 0 Å². The molecule has 1 saturated carbocycles. The van der Waals surface area contributed by atoms with E-state index in [9.17, 15) is 9.18 Å². The van der Waals surface area contributed by atoms with Crippen molar-refractivity contribution in [1.82, 2.24) is 9.97 Å². The average molecular weight is 371 g/mol. The van der Waals surface area contributed by atoms with Gasteiger partial charge in [-0.25, -0.2) is 14.4 Å². The van der Waals surface area contributed by atoms with Gasteiger partial charge in [0.05, 0.1) is 12.7 Å². The normalized spacial score (nSPS) is 13.7. The summed E-state index contributed by atoms with van der Waals surface area (Å²) >= 11 is 0. The van der Waals surface area contributed by atoms with Gasteiger partial charge < -0.3 is 9.47 Å². The molecule has 6 nitrogen and oxygen atoms in total. The van der Waals surface area contributed by atoms with E-state index in [2.05, 4.69) is 14.7 Å². The van der Waals surface area contributed by atoms with E-state index in [1.54, 1.807) is 24.5 Å². The number of benzene rings is 1. The van der Waals surface area contributed by atoms with Gasteiger partial charge in [-0.2, -0.15) is 5.26 Å². The molecule has 0 saturated heterocycles. The lowest BCUT2D eigenvalue weighted by molar-refractivity contribution is -0.137. The number of rotatable bonds is 3. The Hall–Kier alpha value is -3.01. The Kier molecular flexibility index (Phi) is 7.68. The standard InChI is InChI=1S/C17H16FN3O.C3H6O2/c18-16-8-12(6-7-13(16)9-19)14-10-20-17(21-11-14)22-15-4-2-1-3-5-15;1-3(4)5-2/h6-8,10-11,15H,1-5H2;1-2H3. The molecule has 1 aromatic heterocycles.